The average Bonchev–Trinajstić information content (AvgIpc) is 2.47. The molecule has 2 aromatic rings. The maximum absolute atomic E-state index is 12.8. The first-order valence-electron chi connectivity index (χ1n) is 6.87. The summed E-state index contributed by atoms with van der Waals surface area (Å²) in [4.78, 5) is 14.5. The molecule has 0 atom stereocenters. The van der Waals surface area contributed by atoms with E-state index >= 15 is 0 Å². The molecule has 0 bridgehead atoms. The molecule has 7 heteroatoms. The van der Waals surface area contributed by atoms with E-state index in [4.69, 9.17) is 5.73 Å². The lowest BCUT2D eigenvalue weighted by atomic mass is 10.2. The second-order valence-corrected chi connectivity index (χ2v) is 4.47. The number of halogens is 1. The van der Waals surface area contributed by atoms with Crippen LogP contribution in [0.5, 0.6) is 0 Å². The SMILES string of the molecule is CCN(CC)c1nc(N)nc(NCc2ccc(F)cc2)n1. The molecule has 0 spiro atoms. The summed E-state index contributed by atoms with van der Waals surface area (Å²) in [7, 11) is 0. The molecular formula is C14H19FN6. The Labute approximate surface area is 123 Å². The van der Waals surface area contributed by atoms with Gasteiger partial charge < -0.3 is 16.0 Å². The van der Waals surface area contributed by atoms with Gasteiger partial charge in [0, 0.05) is 19.6 Å². The first-order chi connectivity index (χ1) is 10.1. The number of aromatic nitrogens is 3. The van der Waals surface area contributed by atoms with Crippen LogP contribution >= 0.6 is 0 Å². The Balaban J connectivity index is 2.10. The van der Waals surface area contributed by atoms with Gasteiger partial charge in [0.05, 0.1) is 0 Å². The summed E-state index contributed by atoms with van der Waals surface area (Å²) < 4.78 is 12.8. The van der Waals surface area contributed by atoms with Crippen LogP contribution in [0.25, 0.3) is 0 Å². The fourth-order valence-electron chi connectivity index (χ4n) is 1.89. The highest BCUT2D eigenvalue weighted by molar-refractivity contribution is 5.42. The highest BCUT2D eigenvalue weighted by Gasteiger charge is 2.09. The van der Waals surface area contributed by atoms with Gasteiger partial charge in [0.15, 0.2) is 0 Å². The smallest absolute Gasteiger partial charge is 0.231 e. The maximum Gasteiger partial charge on any atom is 0.231 e. The minimum atomic E-state index is -0.257. The van der Waals surface area contributed by atoms with Crippen molar-refractivity contribution < 1.29 is 4.39 Å². The third-order valence-electron chi connectivity index (χ3n) is 3.05. The summed E-state index contributed by atoms with van der Waals surface area (Å²) in [6.07, 6.45) is 0. The number of hydrogen-bond acceptors (Lipinski definition) is 6. The summed E-state index contributed by atoms with van der Waals surface area (Å²) in [6, 6.07) is 6.25. The Morgan fingerprint density at radius 2 is 1.76 bits per heavy atom. The van der Waals surface area contributed by atoms with Crippen LogP contribution in [-0.4, -0.2) is 28.0 Å². The van der Waals surface area contributed by atoms with Gasteiger partial charge in [-0.2, -0.15) is 15.0 Å². The van der Waals surface area contributed by atoms with Gasteiger partial charge in [-0.25, -0.2) is 4.39 Å². The van der Waals surface area contributed by atoms with Crippen molar-refractivity contribution in [2.24, 2.45) is 0 Å². The van der Waals surface area contributed by atoms with Crippen molar-refractivity contribution in [2.75, 3.05) is 29.0 Å². The lowest BCUT2D eigenvalue weighted by Gasteiger charge is -2.19. The molecule has 0 aliphatic heterocycles. The van der Waals surface area contributed by atoms with Gasteiger partial charge in [0.1, 0.15) is 5.82 Å². The fraction of sp³-hybridized carbons (Fsp3) is 0.357. The molecule has 0 saturated heterocycles. The predicted octanol–water partition coefficient (Wildman–Crippen LogP) is 2.05. The Bertz CT molecular complexity index is 583. The monoisotopic (exact) mass is 290 g/mol. The Morgan fingerprint density at radius 3 is 2.38 bits per heavy atom. The minimum Gasteiger partial charge on any atom is -0.368 e. The van der Waals surface area contributed by atoms with Crippen LogP contribution in [0.3, 0.4) is 0 Å². The van der Waals surface area contributed by atoms with E-state index in [-0.39, 0.29) is 11.8 Å². The van der Waals surface area contributed by atoms with Crippen LogP contribution in [-0.2, 0) is 6.54 Å². The van der Waals surface area contributed by atoms with E-state index in [1.807, 2.05) is 18.7 Å². The van der Waals surface area contributed by atoms with Gasteiger partial charge in [0.25, 0.3) is 0 Å². The van der Waals surface area contributed by atoms with E-state index < -0.39 is 0 Å². The summed E-state index contributed by atoms with van der Waals surface area (Å²) in [5.41, 5.74) is 6.65. The molecule has 1 heterocycles. The van der Waals surface area contributed by atoms with Crippen molar-refractivity contribution in [1.82, 2.24) is 15.0 Å². The van der Waals surface area contributed by atoms with Crippen LogP contribution in [0.2, 0.25) is 0 Å². The Morgan fingerprint density at radius 1 is 1.10 bits per heavy atom. The quantitative estimate of drug-likeness (QED) is 0.847. The third-order valence-corrected chi connectivity index (χ3v) is 3.05. The predicted molar refractivity (Wildman–Crippen MR) is 81.5 cm³/mol. The zero-order valence-electron chi connectivity index (χ0n) is 12.2. The van der Waals surface area contributed by atoms with Crippen LogP contribution in [0.4, 0.5) is 22.2 Å². The normalized spacial score (nSPS) is 10.4. The standard InChI is InChI=1S/C14H19FN6/c1-3-21(4-2)14-19-12(16)18-13(20-14)17-9-10-5-7-11(15)8-6-10/h5-8H,3-4,9H2,1-2H3,(H3,16,17,18,19,20). The van der Waals surface area contributed by atoms with Crippen molar-refractivity contribution in [2.45, 2.75) is 20.4 Å². The van der Waals surface area contributed by atoms with Crippen LogP contribution in [0.15, 0.2) is 24.3 Å². The molecule has 21 heavy (non-hydrogen) atoms. The summed E-state index contributed by atoms with van der Waals surface area (Å²) >= 11 is 0. The molecular weight excluding hydrogens is 271 g/mol. The van der Waals surface area contributed by atoms with Crippen molar-refractivity contribution in [3.05, 3.63) is 35.6 Å². The van der Waals surface area contributed by atoms with Gasteiger partial charge in [-0.1, -0.05) is 12.1 Å². The van der Waals surface area contributed by atoms with E-state index in [2.05, 4.69) is 20.3 Å². The Kier molecular flexibility index (Phi) is 4.86. The van der Waals surface area contributed by atoms with Crippen LogP contribution in [0.1, 0.15) is 19.4 Å². The molecule has 3 N–H and O–H groups in total. The number of hydrogen-bond donors (Lipinski definition) is 2. The number of nitrogens with zero attached hydrogens (tertiary/aromatic N) is 4. The van der Waals surface area contributed by atoms with Crippen molar-refractivity contribution >= 4 is 17.8 Å². The summed E-state index contributed by atoms with van der Waals surface area (Å²) in [5.74, 6) is 0.878. The number of nitrogens with two attached hydrogens (primary N) is 1. The van der Waals surface area contributed by atoms with E-state index in [9.17, 15) is 4.39 Å². The minimum absolute atomic E-state index is 0.175. The summed E-state index contributed by atoms with van der Waals surface area (Å²) in [5, 5.41) is 3.07. The Hall–Kier alpha value is -2.44. The number of nitrogen functional groups attached to an aromatic ring is 1. The van der Waals surface area contributed by atoms with Crippen LogP contribution in [0, 0.1) is 5.82 Å². The van der Waals surface area contributed by atoms with Gasteiger partial charge in [-0.05, 0) is 31.5 Å². The topological polar surface area (TPSA) is 80.0 Å². The molecule has 6 nitrogen and oxygen atoms in total. The number of rotatable bonds is 6. The van der Waals surface area contributed by atoms with E-state index in [1.54, 1.807) is 12.1 Å². The number of anilines is 3. The van der Waals surface area contributed by atoms with Crippen molar-refractivity contribution in [1.29, 1.82) is 0 Å². The molecule has 0 fully saturated rings. The first kappa shape index (κ1) is 15.0. The van der Waals surface area contributed by atoms with Gasteiger partial charge in [-0.3, -0.25) is 0 Å². The van der Waals surface area contributed by atoms with Gasteiger partial charge >= 0.3 is 0 Å². The fourth-order valence-corrected chi connectivity index (χ4v) is 1.89. The maximum atomic E-state index is 12.8. The van der Waals surface area contributed by atoms with Gasteiger partial charge in [-0.15, -0.1) is 0 Å². The number of benzene rings is 1. The third kappa shape index (κ3) is 4.01. The zero-order valence-corrected chi connectivity index (χ0v) is 12.2. The second-order valence-electron chi connectivity index (χ2n) is 4.47. The molecule has 0 saturated carbocycles. The van der Waals surface area contributed by atoms with Gasteiger partial charge in [0.2, 0.25) is 17.8 Å². The van der Waals surface area contributed by atoms with Crippen molar-refractivity contribution in [3.8, 4) is 0 Å². The molecule has 1 aromatic heterocycles. The number of nitrogens with one attached hydrogen (secondary N) is 1. The molecule has 0 aliphatic carbocycles. The average molecular weight is 290 g/mol. The highest BCUT2D eigenvalue weighted by Crippen LogP contribution is 2.12. The molecule has 0 unspecified atom stereocenters. The zero-order chi connectivity index (χ0) is 15.2. The van der Waals surface area contributed by atoms with E-state index in [0.717, 1.165) is 18.7 Å². The lowest BCUT2D eigenvalue weighted by molar-refractivity contribution is 0.627. The van der Waals surface area contributed by atoms with Crippen LogP contribution < -0.4 is 16.0 Å². The molecule has 0 radical (unpaired) electrons. The highest BCUT2D eigenvalue weighted by atomic mass is 19.1. The molecule has 112 valence electrons. The first-order valence-corrected chi connectivity index (χ1v) is 6.87. The molecule has 1 aromatic carbocycles. The largest absolute Gasteiger partial charge is 0.368 e. The van der Waals surface area contributed by atoms with Crippen molar-refractivity contribution in [3.63, 3.8) is 0 Å². The molecule has 2 rings (SSSR count). The molecule has 0 amide bonds. The lowest BCUT2D eigenvalue weighted by Crippen LogP contribution is -2.25. The van der Waals surface area contributed by atoms with E-state index in [1.165, 1.54) is 12.1 Å². The second kappa shape index (κ2) is 6.83. The molecule has 0 aliphatic rings. The summed E-state index contributed by atoms with van der Waals surface area (Å²) in [6.45, 7) is 6.11. The van der Waals surface area contributed by atoms with E-state index in [0.29, 0.717) is 18.4 Å².